The van der Waals surface area contributed by atoms with E-state index >= 15 is 0 Å². The van der Waals surface area contributed by atoms with E-state index in [0.717, 1.165) is 0 Å². The van der Waals surface area contributed by atoms with Gasteiger partial charge in [-0.25, -0.2) is 4.79 Å². The molecule has 0 aliphatic rings. The second kappa shape index (κ2) is 7.79. The number of carbonyl (C=O) groups is 2. The standard InChI is InChI=1S/C18H16N2O4/c1-12(17(21)20-14-7-5-6-13(10-14)11-19)24-18(22)15-8-3-4-9-16(15)23-2/h3-10,12H,1-2H3,(H,20,21)/t12-/m1/s1. The average molecular weight is 324 g/mol. The fraction of sp³-hybridized carbons (Fsp3) is 0.167. The molecular formula is C18H16N2O4. The largest absolute Gasteiger partial charge is 0.496 e. The molecule has 0 spiro atoms. The van der Waals surface area contributed by atoms with Gasteiger partial charge in [-0.05, 0) is 37.3 Å². The summed E-state index contributed by atoms with van der Waals surface area (Å²) in [4.78, 5) is 24.3. The molecule has 0 heterocycles. The van der Waals surface area contributed by atoms with E-state index in [2.05, 4.69) is 5.32 Å². The maximum Gasteiger partial charge on any atom is 0.342 e. The highest BCUT2D eigenvalue weighted by atomic mass is 16.5. The van der Waals surface area contributed by atoms with Crippen LogP contribution in [-0.2, 0) is 9.53 Å². The van der Waals surface area contributed by atoms with Gasteiger partial charge >= 0.3 is 5.97 Å². The minimum Gasteiger partial charge on any atom is -0.496 e. The van der Waals surface area contributed by atoms with Crippen LogP contribution in [0.15, 0.2) is 48.5 Å². The van der Waals surface area contributed by atoms with E-state index in [9.17, 15) is 9.59 Å². The zero-order chi connectivity index (χ0) is 17.5. The van der Waals surface area contributed by atoms with E-state index in [0.29, 0.717) is 17.0 Å². The van der Waals surface area contributed by atoms with Gasteiger partial charge in [-0.1, -0.05) is 18.2 Å². The zero-order valence-electron chi connectivity index (χ0n) is 13.3. The number of ether oxygens (including phenoxy) is 2. The van der Waals surface area contributed by atoms with Crippen molar-refractivity contribution in [2.75, 3.05) is 12.4 Å². The van der Waals surface area contributed by atoms with Crippen molar-refractivity contribution in [1.82, 2.24) is 0 Å². The van der Waals surface area contributed by atoms with Gasteiger partial charge in [0.15, 0.2) is 6.10 Å². The Bertz CT molecular complexity index is 796. The molecule has 0 fully saturated rings. The van der Waals surface area contributed by atoms with Crippen molar-refractivity contribution in [1.29, 1.82) is 5.26 Å². The van der Waals surface area contributed by atoms with Gasteiger partial charge in [-0.2, -0.15) is 5.26 Å². The first-order valence-electron chi connectivity index (χ1n) is 7.20. The van der Waals surface area contributed by atoms with Crippen molar-refractivity contribution in [3.63, 3.8) is 0 Å². The van der Waals surface area contributed by atoms with Crippen molar-refractivity contribution in [3.8, 4) is 11.8 Å². The van der Waals surface area contributed by atoms with Crippen LogP contribution in [-0.4, -0.2) is 25.1 Å². The fourth-order valence-corrected chi connectivity index (χ4v) is 2.00. The molecule has 1 N–H and O–H groups in total. The third kappa shape index (κ3) is 4.11. The van der Waals surface area contributed by atoms with Crippen molar-refractivity contribution >= 4 is 17.6 Å². The summed E-state index contributed by atoms with van der Waals surface area (Å²) in [7, 11) is 1.45. The molecule has 122 valence electrons. The average Bonchev–Trinajstić information content (AvgIpc) is 2.61. The molecule has 6 heteroatoms. The number of anilines is 1. The Kier molecular flexibility index (Phi) is 5.53. The summed E-state index contributed by atoms with van der Waals surface area (Å²) in [5, 5.41) is 11.5. The Morgan fingerprint density at radius 1 is 1.17 bits per heavy atom. The predicted molar refractivity (Wildman–Crippen MR) is 87.7 cm³/mol. The van der Waals surface area contributed by atoms with E-state index in [1.807, 2.05) is 6.07 Å². The van der Waals surface area contributed by atoms with E-state index in [-0.39, 0.29) is 5.56 Å². The first-order chi connectivity index (χ1) is 11.5. The van der Waals surface area contributed by atoms with Gasteiger partial charge in [0.25, 0.3) is 5.91 Å². The number of hydrogen-bond donors (Lipinski definition) is 1. The lowest BCUT2D eigenvalue weighted by atomic mass is 10.2. The second-order valence-electron chi connectivity index (χ2n) is 4.93. The smallest absolute Gasteiger partial charge is 0.342 e. The summed E-state index contributed by atoms with van der Waals surface area (Å²) in [5.41, 5.74) is 1.12. The van der Waals surface area contributed by atoms with Crippen LogP contribution in [0.25, 0.3) is 0 Å². The van der Waals surface area contributed by atoms with Crippen LogP contribution in [0.4, 0.5) is 5.69 Å². The SMILES string of the molecule is COc1ccccc1C(=O)O[C@H](C)C(=O)Nc1cccc(C#N)c1. The molecule has 0 bridgehead atoms. The zero-order valence-corrected chi connectivity index (χ0v) is 13.3. The number of para-hydroxylation sites is 1. The van der Waals surface area contributed by atoms with E-state index in [4.69, 9.17) is 14.7 Å². The number of carbonyl (C=O) groups excluding carboxylic acids is 2. The quantitative estimate of drug-likeness (QED) is 0.854. The molecule has 1 amide bonds. The monoisotopic (exact) mass is 324 g/mol. The maximum absolute atomic E-state index is 12.2. The maximum atomic E-state index is 12.2. The van der Waals surface area contributed by atoms with Gasteiger partial charge < -0.3 is 14.8 Å². The molecule has 0 saturated heterocycles. The number of nitriles is 1. The molecule has 2 rings (SSSR count). The highest BCUT2D eigenvalue weighted by Gasteiger charge is 2.21. The van der Waals surface area contributed by atoms with Crippen molar-refractivity contribution in [2.45, 2.75) is 13.0 Å². The summed E-state index contributed by atoms with van der Waals surface area (Å²) in [6.45, 7) is 1.47. The molecule has 0 saturated carbocycles. The first kappa shape index (κ1) is 17.0. The third-order valence-corrected chi connectivity index (χ3v) is 3.24. The molecule has 0 aliphatic carbocycles. The van der Waals surface area contributed by atoms with Crippen molar-refractivity contribution < 1.29 is 19.1 Å². The number of nitrogens with zero attached hydrogens (tertiary/aromatic N) is 1. The molecule has 1 atom stereocenters. The Labute approximate surface area is 139 Å². The van der Waals surface area contributed by atoms with Gasteiger partial charge in [-0.15, -0.1) is 0 Å². The molecule has 0 unspecified atom stereocenters. The molecule has 6 nitrogen and oxygen atoms in total. The molecule has 2 aromatic rings. The molecular weight excluding hydrogens is 308 g/mol. The van der Waals surface area contributed by atoms with E-state index in [1.54, 1.807) is 42.5 Å². The number of methoxy groups -OCH3 is 1. The molecule has 0 aromatic heterocycles. The Hall–Kier alpha value is -3.33. The summed E-state index contributed by atoms with van der Waals surface area (Å²) >= 11 is 0. The lowest BCUT2D eigenvalue weighted by molar-refractivity contribution is -0.123. The number of benzene rings is 2. The Morgan fingerprint density at radius 3 is 2.62 bits per heavy atom. The van der Waals surface area contributed by atoms with Crippen LogP contribution in [0.1, 0.15) is 22.8 Å². The normalized spacial score (nSPS) is 11.0. The number of hydrogen-bond acceptors (Lipinski definition) is 5. The summed E-state index contributed by atoms with van der Waals surface area (Å²) < 4.78 is 10.3. The van der Waals surface area contributed by atoms with Crippen LogP contribution in [0, 0.1) is 11.3 Å². The van der Waals surface area contributed by atoms with Gasteiger partial charge in [0.05, 0.1) is 18.7 Å². The number of esters is 1. The van der Waals surface area contributed by atoms with E-state index in [1.165, 1.54) is 20.1 Å². The minimum absolute atomic E-state index is 0.242. The number of nitrogens with one attached hydrogen (secondary N) is 1. The van der Waals surface area contributed by atoms with Crippen LogP contribution < -0.4 is 10.1 Å². The number of amides is 1. The van der Waals surface area contributed by atoms with E-state index < -0.39 is 18.0 Å². The lowest BCUT2D eigenvalue weighted by Crippen LogP contribution is -2.30. The van der Waals surface area contributed by atoms with Crippen molar-refractivity contribution in [2.24, 2.45) is 0 Å². The topological polar surface area (TPSA) is 88.4 Å². The predicted octanol–water partition coefficient (Wildman–Crippen LogP) is 2.75. The highest BCUT2D eigenvalue weighted by molar-refractivity contribution is 5.98. The van der Waals surface area contributed by atoms with Gasteiger partial charge in [0.2, 0.25) is 0 Å². The van der Waals surface area contributed by atoms with Gasteiger partial charge in [0.1, 0.15) is 11.3 Å². The van der Waals surface area contributed by atoms with Gasteiger partial charge in [0, 0.05) is 5.69 Å². The Morgan fingerprint density at radius 2 is 1.92 bits per heavy atom. The summed E-state index contributed by atoms with van der Waals surface area (Å²) in [6.07, 6.45) is -1.01. The van der Waals surface area contributed by atoms with Crippen LogP contribution in [0.5, 0.6) is 5.75 Å². The molecule has 2 aromatic carbocycles. The van der Waals surface area contributed by atoms with Gasteiger partial charge in [-0.3, -0.25) is 4.79 Å². The lowest BCUT2D eigenvalue weighted by Gasteiger charge is -2.14. The summed E-state index contributed by atoms with van der Waals surface area (Å²) in [5.74, 6) is -0.772. The number of rotatable bonds is 5. The molecule has 24 heavy (non-hydrogen) atoms. The third-order valence-electron chi connectivity index (χ3n) is 3.24. The van der Waals surface area contributed by atoms with Crippen molar-refractivity contribution in [3.05, 3.63) is 59.7 Å². The van der Waals surface area contributed by atoms with Crippen LogP contribution in [0.3, 0.4) is 0 Å². The summed E-state index contributed by atoms with van der Waals surface area (Å²) in [6, 6.07) is 15.0. The molecule has 0 radical (unpaired) electrons. The first-order valence-corrected chi connectivity index (χ1v) is 7.20. The minimum atomic E-state index is -1.01. The fourth-order valence-electron chi connectivity index (χ4n) is 2.00. The second-order valence-corrected chi connectivity index (χ2v) is 4.93. The Balaban J connectivity index is 2.03. The van der Waals surface area contributed by atoms with Crippen LogP contribution in [0.2, 0.25) is 0 Å². The van der Waals surface area contributed by atoms with Crippen LogP contribution >= 0.6 is 0 Å². The highest BCUT2D eigenvalue weighted by Crippen LogP contribution is 2.19. The molecule has 0 aliphatic heterocycles.